The van der Waals surface area contributed by atoms with Crippen LogP contribution in [0.2, 0.25) is 6.04 Å². The molecule has 7 heteroatoms. The van der Waals surface area contributed by atoms with Crippen molar-refractivity contribution in [2.24, 2.45) is 11.8 Å². The van der Waals surface area contributed by atoms with Crippen LogP contribution in [0.4, 0.5) is 0 Å². The van der Waals surface area contributed by atoms with E-state index in [1.807, 2.05) is 0 Å². The summed E-state index contributed by atoms with van der Waals surface area (Å²) in [6.07, 6.45) is 2.12. The average Bonchev–Trinajstić information content (AvgIpc) is 2.77. The number of imide groups is 1. The van der Waals surface area contributed by atoms with E-state index in [4.69, 9.17) is 14.2 Å². The third-order valence-electron chi connectivity index (χ3n) is 4.31. The first-order valence-electron chi connectivity index (χ1n) is 7.50. The Bertz CT molecular complexity index is 368. The van der Waals surface area contributed by atoms with E-state index in [9.17, 15) is 9.59 Å². The molecule has 0 aliphatic carbocycles. The number of hydrogen-bond acceptors (Lipinski definition) is 5. The molecule has 0 radical (unpaired) electrons. The SMILES string of the molecule is CCCCC1C(=O)NC(=O)C1C(OC)(OC)C(C[SiH3])OC. The Morgan fingerprint density at radius 3 is 2.29 bits per heavy atom. The van der Waals surface area contributed by atoms with E-state index < -0.39 is 17.6 Å². The minimum absolute atomic E-state index is 0.236. The van der Waals surface area contributed by atoms with Gasteiger partial charge in [-0.15, -0.1) is 0 Å². The van der Waals surface area contributed by atoms with E-state index in [0.717, 1.165) is 29.1 Å². The van der Waals surface area contributed by atoms with Gasteiger partial charge in [-0.3, -0.25) is 14.9 Å². The quantitative estimate of drug-likeness (QED) is 0.364. The van der Waals surface area contributed by atoms with Gasteiger partial charge < -0.3 is 14.2 Å². The Morgan fingerprint density at radius 2 is 1.86 bits per heavy atom. The van der Waals surface area contributed by atoms with Crippen molar-refractivity contribution in [3.63, 3.8) is 0 Å². The van der Waals surface area contributed by atoms with E-state index in [1.165, 1.54) is 14.2 Å². The number of amides is 2. The highest BCUT2D eigenvalue weighted by Crippen LogP contribution is 2.40. The molecule has 0 aromatic rings. The summed E-state index contributed by atoms with van der Waals surface area (Å²) in [5.41, 5.74) is 0. The van der Waals surface area contributed by atoms with Crippen LogP contribution in [0.5, 0.6) is 0 Å². The minimum Gasteiger partial charge on any atom is -0.376 e. The number of carbonyl (C=O) groups is 2. The molecule has 1 aliphatic rings. The fourth-order valence-electron chi connectivity index (χ4n) is 3.23. The maximum atomic E-state index is 12.3. The number of rotatable bonds is 9. The van der Waals surface area contributed by atoms with Gasteiger partial charge in [-0.05, 0) is 12.5 Å². The smallest absolute Gasteiger partial charge is 0.236 e. The highest BCUT2D eigenvalue weighted by atomic mass is 28.1. The first-order valence-corrected chi connectivity index (χ1v) is 8.91. The number of methoxy groups -OCH3 is 3. The normalized spacial score (nSPS) is 24.4. The van der Waals surface area contributed by atoms with E-state index in [-0.39, 0.29) is 17.9 Å². The van der Waals surface area contributed by atoms with Gasteiger partial charge in [-0.1, -0.05) is 19.8 Å². The summed E-state index contributed by atoms with van der Waals surface area (Å²) in [5.74, 6) is -2.89. The van der Waals surface area contributed by atoms with Crippen LogP contribution >= 0.6 is 0 Å². The molecule has 1 N–H and O–H groups in total. The number of carbonyl (C=O) groups excluding carboxylic acids is 2. The van der Waals surface area contributed by atoms with Crippen LogP contribution in [0.15, 0.2) is 0 Å². The van der Waals surface area contributed by atoms with Crippen LogP contribution < -0.4 is 5.32 Å². The first kappa shape index (κ1) is 18.3. The van der Waals surface area contributed by atoms with E-state index >= 15 is 0 Å². The summed E-state index contributed by atoms with van der Waals surface area (Å²) in [6.45, 7) is 2.05. The lowest BCUT2D eigenvalue weighted by molar-refractivity contribution is -0.287. The van der Waals surface area contributed by atoms with Crippen molar-refractivity contribution in [3.05, 3.63) is 0 Å². The lowest BCUT2D eigenvalue weighted by Gasteiger charge is -2.41. The molecule has 0 bridgehead atoms. The first-order chi connectivity index (χ1) is 10.0. The minimum atomic E-state index is -1.22. The van der Waals surface area contributed by atoms with E-state index in [0.29, 0.717) is 6.42 Å². The van der Waals surface area contributed by atoms with Crippen molar-refractivity contribution in [2.45, 2.75) is 44.1 Å². The maximum Gasteiger partial charge on any atom is 0.236 e. The van der Waals surface area contributed by atoms with Gasteiger partial charge in [0, 0.05) is 31.6 Å². The monoisotopic (exact) mass is 317 g/mol. The molecule has 1 aliphatic heterocycles. The standard InChI is InChI=1S/C14H27NO5Si/c1-5-6-7-9-11(13(17)15-12(9)16)14(19-3,20-4)10(8-21)18-2/h9-11H,5-8H2,1-4,21H3,(H,15,16,17). The summed E-state index contributed by atoms with van der Waals surface area (Å²) in [5, 5.41) is 2.42. The maximum absolute atomic E-state index is 12.3. The molecule has 2 amide bonds. The third-order valence-corrected chi connectivity index (χ3v) is 5.05. The molecular weight excluding hydrogens is 290 g/mol. The van der Waals surface area contributed by atoms with Crippen molar-refractivity contribution in [3.8, 4) is 0 Å². The fourth-order valence-corrected chi connectivity index (χ4v) is 4.13. The van der Waals surface area contributed by atoms with E-state index in [1.54, 1.807) is 7.11 Å². The molecule has 122 valence electrons. The molecule has 6 nitrogen and oxygen atoms in total. The molecule has 3 unspecified atom stereocenters. The molecule has 1 rings (SSSR count). The predicted molar refractivity (Wildman–Crippen MR) is 81.9 cm³/mol. The van der Waals surface area contributed by atoms with Gasteiger partial charge >= 0.3 is 0 Å². The highest BCUT2D eigenvalue weighted by molar-refractivity contribution is 6.09. The van der Waals surface area contributed by atoms with Crippen molar-refractivity contribution in [1.29, 1.82) is 0 Å². The second-order valence-electron chi connectivity index (χ2n) is 5.34. The van der Waals surface area contributed by atoms with Crippen molar-refractivity contribution in [2.75, 3.05) is 21.3 Å². The molecule has 0 aromatic carbocycles. The van der Waals surface area contributed by atoms with Crippen molar-refractivity contribution < 1.29 is 23.8 Å². The van der Waals surface area contributed by atoms with E-state index in [2.05, 4.69) is 12.2 Å². The van der Waals surface area contributed by atoms with Gasteiger partial charge in [0.25, 0.3) is 0 Å². The summed E-state index contributed by atoms with van der Waals surface area (Å²) in [7, 11) is 5.45. The Hall–Kier alpha value is -0.763. The Balaban J connectivity index is 3.19. The summed E-state index contributed by atoms with van der Waals surface area (Å²) in [6, 6.07) is 0.747. The zero-order chi connectivity index (χ0) is 16.0. The van der Waals surface area contributed by atoms with Crippen molar-refractivity contribution >= 4 is 22.1 Å². The van der Waals surface area contributed by atoms with Crippen LogP contribution in [-0.4, -0.2) is 55.3 Å². The zero-order valence-corrected chi connectivity index (χ0v) is 15.6. The summed E-state index contributed by atoms with van der Waals surface area (Å²) >= 11 is 0. The lowest BCUT2D eigenvalue weighted by Crippen LogP contribution is -2.56. The van der Waals surface area contributed by atoms with Gasteiger partial charge in [0.1, 0.15) is 12.0 Å². The lowest BCUT2D eigenvalue weighted by atomic mass is 9.81. The second kappa shape index (κ2) is 8.02. The van der Waals surface area contributed by atoms with Gasteiger partial charge in [0.15, 0.2) is 0 Å². The Kier molecular flexibility index (Phi) is 6.99. The van der Waals surface area contributed by atoms with Crippen LogP contribution in [0.25, 0.3) is 0 Å². The zero-order valence-electron chi connectivity index (χ0n) is 13.6. The molecule has 1 saturated heterocycles. The van der Waals surface area contributed by atoms with Crippen LogP contribution in [0.3, 0.4) is 0 Å². The molecule has 0 spiro atoms. The molecule has 0 aromatic heterocycles. The fraction of sp³-hybridized carbons (Fsp3) is 0.857. The Morgan fingerprint density at radius 1 is 1.24 bits per heavy atom. The molecule has 0 saturated carbocycles. The van der Waals surface area contributed by atoms with Gasteiger partial charge in [-0.25, -0.2) is 0 Å². The van der Waals surface area contributed by atoms with Gasteiger partial charge in [0.05, 0.1) is 5.92 Å². The molecule has 21 heavy (non-hydrogen) atoms. The van der Waals surface area contributed by atoms with Gasteiger partial charge in [-0.2, -0.15) is 0 Å². The summed E-state index contributed by atoms with van der Waals surface area (Å²) < 4.78 is 16.7. The van der Waals surface area contributed by atoms with Crippen LogP contribution in [0.1, 0.15) is 26.2 Å². The third kappa shape index (κ3) is 3.36. The average molecular weight is 317 g/mol. The number of hydrogen-bond donors (Lipinski definition) is 1. The molecule has 1 fully saturated rings. The topological polar surface area (TPSA) is 73.9 Å². The number of unbranched alkanes of at least 4 members (excludes halogenated alkanes) is 1. The van der Waals surface area contributed by atoms with Gasteiger partial charge in [0.2, 0.25) is 17.6 Å². The second-order valence-corrected chi connectivity index (χ2v) is 6.16. The highest BCUT2D eigenvalue weighted by Gasteiger charge is 2.58. The molecule has 1 heterocycles. The Labute approximate surface area is 129 Å². The van der Waals surface area contributed by atoms with Crippen LogP contribution in [0, 0.1) is 11.8 Å². The molecular formula is C14H27NO5Si. The number of nitrogens with one attached hydrogen (secondary N) is 1. The predicted octanol–water partition coefficient (Wildman–Crippen LogP) is -0.147. The summed E-state index contributed by atoms with van der Waals surface area (Å²) in [4.78, 5) is 24.4. The number of ether oxygens (including phenoxy) is 3. The van der Waals surface area contributed by atoms with Crippen LogP contribution in [-0.2, 0) is 23.8 Å². The largest absolute Gasteiger partial charge is 0.376 e. The van der Waals surface area contributed by atoms with Crippen molar-refractivity contribution in [1.82, 2.24) is 5.32 Å². The molecule has 3 atom stereocenters.